The van der Waals surface area contributed by atoms with Crippen molar-refractivity contribution in [3.05, 3.63) is 59.7 Å². The predicted molar refractivity (Wildman–Crippen MR) is 111 cm³/mol. The smallest absolute Gasteiger partial charge is 0.238 e. The van der Waals surface area contributed by atoms with Gasteiger partial charge in [0.1, 0.15) is 0 Å². The number of hydrogen-bond acceptors (Lipinski definition) is 3. The Hall–Kier alpha value is -2.66. The fraction of sp³-hybridized carbons (Fsp3) is 0.391. The van der Waals surface area contributed by atoms with Gasteiger partial charge in [0, 0.05) is 25.6 Å². The fourth-order valence-electron chi connectivity index (χ4n) is 3.89. The first-order valence-corrected chi connectivity index (χ1v) is 10.1. The van der Waals surface area contributed by atoms with Crippen molar-refractivity contribution in [3.63, 3.8) is 0 Å². The average molecular weight is 377 g/mol. The summed E-state index contributed by atoms with van der Waals surface area (Å²) in [5.41, 5.74) is 3.99. The Bertz CT molecular complexity index is 876. The molecular formula is C23H27N3O2. The summed E-state index contributed by atoms with van der Waals surface area (Å²) in [4.78, 5) is 29.0. The summed E-state index contributed by atoms with van der Waals surface area (Å²) in [6.45, 7) is 3.95. The molecule has 2 fully saturated rings. The average Bonchev–Trinajstić information content (AvgIpc) is 3.43. The van der Waals surface area contributed by atoms with Gasteiger partial charge in [-0.2, -0.15) is 0 Å². The van der Waals surface area contributed by atoms with E-state index in [0.29, 0.717) is 31.2 Å². The third kappa shape index (κ3) is 4.42. The van der Waals surface area contributed by atoms with Gasteiger partial charge in [-0.25, -0.2) is 0 Å². The van der Waals surface area contributed by atoms with Crippen LogP contribution < -0.4 is 10.2 Å². The summed E-state index contributed by atoms with van der Waals surface area (Å²) in [5, 5.41) is 3.04. The van der Waals surface area contributed by atoms with Gasteiger partial charge >= 0.3 is 0 Å². The number of carbonyl (C=O) groups is 2. The monoisotopic (exact) mass is 377 g/mol. The maximum Gasteiger partial charge on any atom is 0.238 e. The highest BCUT2D eigenvalue weighted by Crippen LogP contribution is 2.31. The Morgan fingerprint density at radius 3 is 2.71 bits per heavy atom. The molecule has 1 N–H and O–H groups in total. The van der Waals surface area contributed by atoms with Gasteiger partial charge in [-0.05, 0) is 43.9 Å². The highest BCUT2D eigenvalue weighted by molar-refractivity contribution is 6.02. The number of anilines is 2. The second-order valence-electron chi connectivity index (χ2n) is 7.84. The SMILES string of the molecule is Cc1cccc(CN(CC(=O)Nc2ccccc2N2CCCC2=O)C2CC2)c1. The number of benzene rings is 2. The van der Waals surface area contributed by atoms with Crippen molar-refractivity contribution >= 4 is 23.2 Å². The highest BCUT2D eigenvalue weighted by atomic mass is 16.2. The number of para-hydroxylation sites is 2. The lowest BCUT2D eigenvalue weighted by molar-refractivity contribution is -0.118. The van der Waals surface area contributed by atoms with Gasteiger partial charge in [-0.3, -0.25) is 14.5 Å². The Morgan fingerprint density at radius 2 is 2.00 bits per heavy atom. The molecule has 0 aromatic heterocycles. The van der Waals surface area contributed by atoms with Gasteiger partial charge in [0.15, 0.2) is 0 Å². The first-order chi connectivity index (χ1) is 13.6. The van der Waals surface area contributed by atoms with Crippen LogP contribution in [0, 0.1) is 6.92 Å². The maximum absolute atomic E-state index is 12.8. The van der Waals surface area contributed by atoms with Crippen molar-refractivity contribution in [1.82, 2.24) is 4.90 Å². The van der Waals surface area contributed by atoms with Gasteiger partial charge in [0.05, 0.1) is 17.9 Å². The fourth-order valence-corrected chi connectivity index (χ4v) is 3.89. The van der Waals surface area contributed by atoms with E-state index in [1.54, 1.807) is 4.90 Å². The molecule has 1 saturated carbocycles. The van der Waals surface area contributed by atoms with Crippen LogP contribution in [0.25, 0.3) is 0 Å². The normalized spacial score (nSPS) is 16.6. The number of carbonyl (C=O) groups excluding carboxylic acids is 2. The molecule has 2 aromatic rings. The topological polar surface area (TPSA) is 52.7 Å². The van der Waals surface area contributed by atoms with Gasteiger partial charge < -0.3 is 10.2 Å². The van der Waals surface area contributed by atoms with E-state index in [-0.39, 0.29) is 11.8 Å². The molecule has 5 nitrogen and oxygen atoms in total. The number of aryl methyl sites for hydroxylation is 1. The quantitative estimate of drug-likeness (QED) is 0.800. The van der Waals surface area contributed by atoms with Gasteiger partial charge in [0.25, 0.3) is 0 Å². The van der Waals surface area contributed by atoms with Crippen LogP contribution in [0.1, 0.15) is 36.8 Å². The van der Waals surface area contributed by atoms with Crippen LogP contribution in [-0.4, -0.2) is 35.8 Å². The Kier molecular flexibility index (Phi) is 5.44. The van der Waals surface area contributed by atoms with E-state index in [4.69, 9.17) is 0 Å². The van der Waals surface area contributed by atoms with E-state index in [0.717, 1.165) is 31.5 Å². The number of nitrogens with one attached hydrogen (secondary N) is 1. The van der Waals surface area contributed by atoms with Crippen molar-refractivity contribution in [2.45, 2.75) is 45.2 Å². The molecular weight excluding hydrogens is 350 g/mol. The molecule has 1 heterocycles. The van der Waals surface area contributed by atoms with Gasteiger partial charge in [-0.15, -0.1) is 0 Å². The second kappa shape index (κ2) is 8.15. The minimum atomic E-state index is -0.0290. The molecule has 146 valence electrons. The third-order valence-electron chi connectivity index (χ3n) is 5.42. The zero-order valence-electron chi connectivity index (χ0n) is 16.4. The molecule has 2 aliphatic rings. The van der Waals surface area contributed by atoms with Gasteiger partial charge in [0.2, 0.25) is 11.8 Å². The standard InChI is InChI=1S/C23H27N3O2/c1-17-6-4-7-18(14-17)15-25(19-11-12-19)16-22(27)24-20-8-2-3-9-21(20)26-13-5-10-23(26)28/h2-4,6-9,14,19H,5,10-13,15-16H2,1H3,(H,24,27). The van der Waals surface area contributed by atoms with Crippen molar-refractivity contribution in [2.24, 2.45) is 0 Å². The van der Waals surface area contributed by atoms with Crippen molar-refractivity contribution in [1.29, 1.82) is 0 Å². The van der Waals surface area contributed by atoms with Crippen molar-refractivity contribution < 1.29 is 9.59 Å². The first-order valence-electron chi connectivity index (χ1n) is 10.1. The lowest BCUT2D eigenvalue weighted by Gasteiger charge is -2.23. The second-order valence-corrected chi connectivity index (χ2v) is 7.84. The van der Waals surface area contributed by atoms with Crippen molar-refractivity contribution in [2.75, 3.05) is 23.3 Å². The van der Waals surface area contributed by atoms with Crippen LogP contribution in [0.3, 0.4) is 0 Å². The van der Waals surface area contributed by atoms with Crippen LogP contribution >= 0.6 is 0 Å². The molecule has 0 unspecified atom stereocenters. The van der Waals surface area contributed by atoms with E-state index in [1.807, 2.05) is 24.3 Å². The number of hydrogen-bond donors (Lipinski definition) is 1. The molecule has 1 aliphatic carbocycles. The lowest BCUT2D eigenvalue weighted by Crippen LogP contribution is -2.35. The third-order valence-corrected chi connectivity index (χ3v) is 5.42. The van der Waals surface area contributed by atoms with E-state index in [9.17, 15) is 9.59 Å². The summed E-state index contributed by atoms with van der Waals surface area (Å²) in [6.07, 6.45) is 3.75. The molecule has 0 atom stereocenters. The minimum Gasteiger partial charge on any atom is -0.323 e. The molecule has 4 rings (SSSR count). The molecule has 0 spiro atoms. The van der Waals surface area contributed by atoms with Crippen LogP contribution in [0.4, 0.5) is 11.4 Å². The Morgan fingerprint density at radius 1 is 1.18 bits per heavy atom. The molecule has 2 aromatic carbocycles. The summed E-state index contributed by atoms with van der Waals surface area (Å²) < 4.78 is 0. The molecule has 28 heavy (non-hydrogen) atoms. The van der Waals surface area contributed by atoms with Gasteiger partial charge in [-0.1, -0.05) is 42.0 Å². The lowest BCUT2D eigenvalue weighted by atomic mass is 10.1. The summed E-state index contributed by atoms with van der Waals surface area (Å²) in [6, 6.07) is 16.5. The predicted octanol–water partition coefficient (Wildman–Crippen LogP) is 3.72. The minimum absolute atomic E-state index is 0.0290. The van der Waals surface area contributed by atoms with E-state index >= 15 is 0 Å². The number of rotatable bonds is 7. The molecule has 0 bridgehead atoms. The molecule has 2 amide bonds. The van der Waals surface area contributed by atoms with Crippen LogP contribution in [-0.2, 0) is 16.1 Å². The van der Waals surface area contributed by atoms with E-state index < -0.39 is 0 Å². The van der Waals surface area contributed by atoms with E-state index in [1.165, 1.54) is 11.1 Å². The molecule has 1 saturated heterocycles. The number of nitrogens with zero attached hydrogens (tertiary/aromatic N) is 2. The highest BCUT2D eigenvalue weighted by Gasteiger charge is 2.31. The Labute approximate surface area is 166 Å². The zero-order chi connectivity index (χ0) is 19.5. The van der Waals surface area contributed by atoms with Crippen LogP contribution in [0.5, 0.6) is 0 Å². The zero-order valence-corrected chi connectivity index (χ0v) is 16.4. The molecule has 1 aliphatic heterocycles. The largest absolute Gasteiger partial charge is 0.323 e. The number of amides is 2. The van der Waals surface area contributed by atoms with Crippen LogP contribution in [0.2, 0.25) is 0 Å². The molecule has 0 radical (unpaired) electrons. The summed E-state index contributed by atoms with van der Waals surface area (Å²) >= 11 is 0. The van der Waals surface area contributed by atoms with E-state index in [2.05, 4.69) is 41.4 Å². The first kappa shape index (κ1) is 18.7. The molecule has 5 heteroatoms. The Balaban J connectivity index is 1.44. The summed E-state index contributed by atoms with van der Waals surface area (Å²) in [7, 11) is 0. The maximum atomic E-state index is 12.8. The van der Waals surface area contributed by atoms with Crippen molar-refractivity contribution in [3.8, 4) is 0 Å². The van der Waals surface area contributed by atoms with Crippen LogP contribution in [0.15, 0.2) is 48.5 Å². The summed E-state index contributed by atoms with van der Waals surface area (Å²) in [5.74, 6) is 0.0967.